The van der Waals surface area contributed by atoms with Crippen LogP contribution in [0.15, 0.2) is 30.9 Å². The number of anilines is 1. The number of nitrogens with one attached hydrogen (secondary N) is 2. The average molecular weight is 341 g/mol. The molecule has 132 valence electrons. The highest BCUT2D eigenvalue weighted by atomic mass is 16.5. The van der Waals surface area contributed by atoms with Crippen molar-refractivity contribution in [3.63, 3.8) is 0 Å². The third-order valence-corrected chi connectivity index (χ3v) is 5.25. The zero-order valence-electron chi connectivity index (χ0n) is 14.4. The number of urea groups is 1. The molecule has 2 aliphatic rings. The Kier molecular flexibility index (Phi) is 4.17. The molecule has 2 heterocycles. The Labute approximate surface area is 146 Å². The van der Waals surface area contributed by atoms with E-state index in [0.29, 0.717) is 6.61 Å². The van der Waals surface area contributed by atoms with E-state index in [9.17, 15) is 4.79 Å². The maximum Gasteiger partial charge on any atom is 0.319 e. The van der Waals surface area contributed by atoms with Crippen molar-refractivity contribution in [2.45, 2.75) is 50.7 Å². The van der Waals surface area contributed by atoms with Crippen LogP contribution < -0.4 is 10.6 Å². The first-order valence-corrected chi connectivity index (χ1v) is 8.81. The summed E-state index contributed by atoms with van der Waals surface area (Å²) in [7, 11) is 0. The predicted octanol–water partition coefficient (Wildman–Crippen LogP) is 2.80. The molecule has 4 rings (SSSR count). The van der Waals surface area contributed by atoms with Crippen LogP contribution in [-0.4, -0.2) is 39.0 Å². The van der Waals surface area contributed by atoms with Crippen molar-refractivity contribution < 1.29 is 9.53 Å². The maximum atomic E-state index is 12.4. The number of benzene rings is 1. The molecule has 1 aliphatic heterocycles. The minimum absolute atomic E-state index is 0.0161. The summed E-state index contributed by atoms with van der Waals surface area (Å²) in [6.45, 7) is 2.57. The monoisotopic (exact) mass is 341 g/mol. The highest BCUT2D eigenvalue weighted by Gasteiger charge is 2.42. The fourth-order valence-electron chi connectivity index (χ4n) is 3.89. The number of carbonyl (C=O) groups is 1. The molecule has 1 aliphatic carbocycles. The Balaban J connectivity index is 1.40. The van der Waals surface area contributed by atoms with Gasteiger partial charge in [-0.25, -0.2) is 4.79 Å². The lowest BCUT2D eigenvalue weighted by Crippen LogP contribution is -2.39. The van der Waals surface area contributed by atoms with Crippen LogP contribution in [0, 0.1) is 6.92 Å². The smallest absolute Gasteiger partial charge is 0.319 e. The van der Waals surface area contributed by atoms with Gasteiger partial charge in [-0.2, -0.15) is 0 Å². The number of hydrogen-bond acceptors (Lipinski definition) is 4. The Bertz CT molecular complexity index is 753. The molecule has 0 bridgehead atoms. The molecule has 2 fully saturated rings. The van der Waals surface area contributed by atoms with Gasteiger partial charge in [0.25, 0.3) is 0 Å². The number of rotatable bonds is 3. The summed E-state index contributed by atoms with van der Waals surface area (Å²) >= 11 is 0. The van der Waals surface area contributed by atoms with E-state index >= 15 is 0 Å². The van der Waals surface area contributed by atoms with Gasteiger partial charge in [-0.05, 0) is 43.9 Å². The number of aryl methyl sites for hydroxylation is 1. The van der Waals surface area contributed by atoms with Gasteiger partial charge < -0.3 is 15.4 Å². The number of hydrogen-bond donors (Lipinski definition) is 2. The van der Waals surface area contributed by atoms with E-state index in [1.54, 1.807) is 17.2 Å². The summed E-state index contributed by atoms with van der Waals surface area (Å²) in [5.41, 5.74) is 2.70. The van der Waals surface area contributed by atoms with Gasteiger partial charge in [0.2, 0.25) is 0 Å². The highest BCUT2D eigenvalue weighted by molar-refractivity contribution is 5.90. The van der Waals surface area contributed by atoms with E-state index in [1.165, 1.54) is 12.8 Å². The van der Waals surface area contributed by atoms with Crippen molar-refractivity contribution >= 4 is 11.7 Å². The van der Waals surface area contributed by atoms with Crippen LogP contribution in [0.5, 0.6) is 0 Å². The first-order chi connectivity index (χ1) is 12.1. The summed E-state index contributed by atoms with van der Waals surface area (Å²) in [5, 5.41) is 13.6. The molecule has 1 aromatic carbocycles. The Morgan fingerprint density at radius 2 is 2.04 bits per heavy atom. The Hall–Kier alpha value is -2.41. The number of nitrogens with zero attached hydrogens (tertiary/aromatic N) is 3. The summed E-state index contributed by atoms with van der Waals surface area (Å²) in [4.78, 5) is 12.4. The van der Waals surface area contributed by atoms with E-state index in [2.05, 4.69) is 20.8 Å². The van der Waals surface area contributed by atoms with Crippen LogP contribution in [0.4, 0.5) is 10.5 Å². The van der Waals surface area contributed by atoms with Gasteiger partial charge in [0.1, 0.15) is 12.7 Å². The summed E-state index contributed by atoms with van der Waals surface area (Å²) in [6.07, 6.45) is 8.87. The molecule has 7 nitrogen and oxygen atoms in total. The van der Waals surface area contributed by atoms with Gasteiger partial charge in [-0.1, -0.05) is 18.9 Å². The van der Waals surface area contributed by atoms with Crippen molar-refractivity contribution in [2.24, 2.45) is 0 Å². The van der Waals surface area contributed by atoms with Crippen LogP contribution in [-0.2, 0) is 4.74 Å². The third-order valence-electron chi connectivity index (χ3n) is 5.25. The molecule has 25 heavy (non-hydrogen) atoms. The van der Waals surface area contributed by atoms with Crippen LogP contribution >= 0.6 is 0 Å². The number of carbonyl (C=O) groups excluding carboxylic acids is 1. The molecule has 2 amide bonds. The zero-order chi connectivity index (χ0) is 17.3. The second-order valence-corrected chi connectivity index (χ2v) is 7.07. The molecule has 0 radical (unpaired) electrons. The van der Waals surface area contributed by atoms with Crippen LogP contribution in [0.3, 0.4) is 0 Å². The Morgan fingerprint density at radius 1 is 1.28 bits per heavy atom. The van der Waals surface area contributed by atoms with Crippen LogP contribution in [0.25, 0.3) is 5.69 Å². The standard InChI is InChI=1S/C18H23N5O2/c1-13-4-5-15(23-11-19-20-12-23)8-16(13)22-17(24)21-14-9-18(25-10-14)6-2-3-7-18/h4-5,8,11-12,14H,2-3,6-7,9-10H2,1H3,(H2,21,22,24). The molecule has 7 heteroatoms. The molecule has 1 saturated heterocycles. The molecular formula is C18H23N5O2. The summed E-state index contributed by atoms with van der Waals surface area (Å²) in [6, 6.07) is 5.75. The molecule has 1 atom stereocenters. The van der Waals surface area contributed by atoms with E-state index in [4.69, 9.17) is 4.74 Å². The first-order valence-electron chi connectivity index (χ1n) is 8.81. The van der Waals surface area contributed by atoms with E-state index in [-0.39, 0.29) is 17.7 Å². The highest BCUT2D eigenvalue weighted by Crippen LogP contribution is 2.40. The van der Waals surface area contributed by atoms with Crippen molar-refractivity contribution in [3.8, 4) is 5.69 Å². The maximum absolute atomic E-state index is 12.4. The molecule has 1 spiro atoms. The lowest BCUT2D eigenvalue weighted by molar-refractivity contribution is 0.00998. The molecular weight excluding hydrogens is 318 g/mol. The van der Waals surface area contributed by atoms with Gasteiger partial charge in [-0.15, -0.1) is 10.2 Å². The summed E-state index contributed by atoms with van der Waals surface area (Å²) in [5.74, 6) is 0. The molecule has 2 aromatic rings. The van der Waals surface area contributed by atoms with Crippen LogP contribution in [0.1, 0.15) is 37.7 Å². The van der Waals surface area contributed by atoms with Gasteiger partial charge >= 0.3 is 6.03 Å². The van der Waals surface area contributed by atoms with Crippen molar-refractivity contribution in [1.82, 2.24) is 20.1 Å². The SMILES string of the molecule is Cc1ccc(-n2cnnc2)cc1NC(=O)NC1COC2(CCCC2)C1. The van der Waals surface area contributed by atoms with Gasteiger partial charge in [-0.3, -0.25) is 4.57 Å². The number of aromatic nitrogens is 3. The molecule has 1 saturated carbocycles. The summed E-state index contributed by atoms with van der Waals surface area (Å²) < 4.78 is 7.80. The van der Waals surface area contributed by atoms with Crippen molar-refractivity contribution in [2.75, 3.05) is 11.9 Å². The van der Waals surface area contributed by atoms with Gasteiger partial charge in [0.15, 0.2) is 0 Å². The Morgan fingerprint density at radius 3 is 2.80 bits per heavy atom. The van der Waals surface area contributed by atoms with E-state index in [0.717, 1.165) is 36.2 Å². The lowest BCUT2D eigenvalue weighted by Gasteiger charge is -2.21. The minimum Gasteiger partial charge on any atom is -0.373 e. The average Bonchev–Trinajstić information content (AvgIpc) is 3.33. The quantitative estimate of drug-likeness (QED) is 0.899. The lowest BCUT2D eigenvalue weighted by atomic mass is 9.96. The third kappa shape index (κ3) is 3.37. The van der Waals surface area contributed by atoms with Crippen molar-refractivity contribution in [1.29, 1.82) is 0 Å². The van der Waals surface area contributed by atoms with Crippen molar-refractivity contribution in [3.05, 3.63) is 36.4 Å². The molecule has 2 N–H and O–H groups in total. The number of ether oxygens (including phenoxy) is 1. The van der Waals surface area contributed by atoms with Crippen LogP contribution in [0.2, 0.25) is 0 Å². The zero-order valence-corrected chi connectivity index (χ0v) is 14.4. The molecule has 1 unspecified atom stereocenters. The predicted molar refractivity (Wildman–Crippen MR) is 93.8 cm³/mol. The topological polar surface area (TPSA) is 81.1 Å². The minimum atomic E-state index is -0.187. The first kappa shape index (κ1) is 16.1. The largest absolute Gasteiger partial charge is 0.373 e. The second-order valence-electron chi connectivity index (χ2n) is 7.07. The van der Waals surface area contributed by atoms with E-state index in [1.807, 2.05) is 25.1 Å². The fourth-order valence-corrected chi connectivity index (χ4v) is 3.89. The van der Waals surface area contributed by atoms with E-state index < -0.39 is 0 Å². The normalized spacial score (nSPS) is 21.6. The second kappa shape index (κ2) is 6.48. The fraction of sp³-hybridized carbons (Fsp3) is 0.500. The molecule has 1 aromatic heterocycles. The number of amides is 2. The van der Waals surface area contributed by atoms with Gasteiger partial charge in [0, 0.05) is 5.69 Å². The van der Waals surface area contributed by atoms with Gasteiger partial charge in [0.05, 0.1) is 23.9 Å².